The van der Waals surface area contributed by atoms with Crippen LogP contribution in [0.4, 0.5) is 15.8 Å². The van der Waals surface area contributed by atoms with Crippen LogP contribution in [0.15, 0.2) is 36.4 Å². The van der Waals surface area contributed by atoms with Gasteiger partial charge in [-0.1, -0.05) is 0 Å². The molecule has 2 N–H and O–H groups in total. The quantitative estimate of drug-likeness (QED) is 0.679. The van der Waals surface area contributed by atoms with E-state index in [0.29, 0.717) is 5.56 Å². The monoisotopic (exact) mass is 284 g/mol. The van der Waals surface area contributed by atoms with Crippen molar-refractivity contribution in [3.63, 3.8) is 0 Å². The molecule has 5 heteroatoms. The summed E-state index contributed by atoms with van der Waals surface area (Å²) < 4.78 is 13.3. The Balaban J connectivity index is 2.02. The summed E-state index contributed by atoms with van der Waals surface area (Å²) in [7, 11) is 1.69. The number of benzene rings is 2. The van der Waals surface area contributed by atoms with Crippen LogP contribution >= 0.6 is 0 Å². The minimum absolute atomic E-state index is 0.0140. The van der Waals surface area contributed by atoms with Gasteiger partial charge in [0.2, 0.25) is 5.91 Å². The number of halogens is 1. The van der Waals surface area contributed by atoms with E-state index in [0.717, 1.165) is 17.3 Å². The summed E-state index contributed by atoms with van der Waals surface area (Å²) in [4.78, 5) is 25.6. The fraction of sp³-hybridized carbons (Fsp3) is 0.125. The van der Waals surface area contributed by atoms with Crippen molar-refractivity contribution in [3.05, 3.63) is 58.9 Å². The molecular weight excluding hydrogens is 271 g/mol. The lowest BCUT2D eigenvalue weighted by Gasteiger charge is -2.10. The lowest BCUT2D eigenvalue weighted by atomic mass is 9.99. The maximum atomic E-state index is 13.3. The van der Waals surface area contributed by atoms with Gasteiger partial charge < -0.3 is 10.6 Å². The fourth-order valence-electron chi connectivity index (χ4n) is 2.49. The summed E-state index contributed by atoms with van der Waals surface area (Å²) in [5, 5.41) is 0. The molecule has 0 bridgehead atoms. The van der Waals surface area contributed by atoms with E-state index in [1.54, 1.807) is 30.1 Å². The molecule has 0 unspecified atom stereocenters. The van der Waals surface area contributed by atoms with Crippen molar-refractivity contribution in [2.45, 2.75) is 6.42 Å². The van der Waals surface area contributed by atoms with E-state index in [-0.39, 0.29) is 29.4 Å². The first-order chi connectivity index (χ1) is 9.97. The molecule has 0 saturated heterocycles. The lowest BCUT2D eigenvalue weighted by Crippen LogP contribution is -2.20. The van der Waals surface area contributed by atoms with Crippen molar-refractivity contribution in [1.29, 1.82) is 0 Å². The van der Waals surface area contributed by atoms with Crippen LogP contribution in [0.2, 0.25) is 0 Å². The Kier molecular flexibility index (Phi) is 2.97. The van der Waals surface area contributed by atoms with Crippen LogP contribution in [-0.4, -0.2) is 18.7 Å². The number of carbonyl (C=O) groups excluding carboxylic acids is 2. The smallest absolute Gasteiger partial charge is 0.231 e. The molecule has 1 heterocycles. The van der Waals surface area contributed by atoms with Gasteiger partial charge in [0.25, 0.3) is 0 Å². The van der Waals surface area contributed by atoms with Crippen molar-refractivity contribution in [3.8, 4) is 0 Å². The SMILES string of the molecule is CN1C(=O)Cc2cc(C(=O)c3cc(F)ccc3N)ccc21. The molecule has 0 atom stereocenters. The average Bonchev–Trinajstić information content (AvgIpc) is 2.75. The Morgan fingerprint density at radius 1 is 1.24 bits per heavy atom. The van der Waals surface area contributed by atoms with Crippen LogP contribution < -0.4 is 10.6 Å². The van der Waals surface area contributed by atoms with Crippen LogP contribution in [0.25, 0.3) is 0 Å². The minimum Gasteiger partial charge on any atom is -0.398 e. The summed E-state index contributed by atoms with van der Waals surface area (Å²) in [6.07, 6.45) is 0.269. The highest BCUT2D eigenvalue weighted by Crippen LogP contribution is 2.29. The second-order valence-corrected chi connectivity index (χ2v) is 5.03. The van der Waals surface area contributed by atoms with Crippen molar-refractivity contribution in [2.24, 2.45) is 0 Å². The molecule has 1 aliphatic heterocycles. The first-order valence-electron chi connectivity index (χ1n) is 6.46. The van der Waals surface area contributed by atoms with Gasteiger partial charge in [-0.05, 0) is 42.0 Å². The molecule has 4 nitrogen and oxygen atoms in total. The second-order valence-electron chi connectivity index (χ2n) is 5.03. The maximum absolute atomic E-state index is 13.3. The molecule has 21 heavy (non-hydrogen) atoms. The molecule has 0 saturated carbocycles. The van der Waals surface area contributed by atoms with Gasteiger partial charge in [0.05, 0.1) is 6.42 Å². The standard InChI is InChI=1S/C16H13FN2O2/c1-19-14-5-2-9(6-10(14)7-15(19)20)16(21)12-8-11(17)3-4-13(12)18/h2-6,8H,7,18H2,1H3. The molecule has 1 aliphatic rings. The predicted molar refractivity (Wildman–Crippen MR) is 77.8 cm³/mol. The third-order valence-corrected chi connectivity index (χ3v) is 3.68. The van der Waals surface area contributed by atoms with Crippen LogP contribution in [0.5, 0.6) is 0 Å². The second kappa shape index (κ2) is 4.70. The molecule has 1 amide bonds. The molecule has 0 aliphatic carbocycles. The van der Waals surface area contributed by atoms with Gasteiger partial charge in [-0.15, -0.1) is 0 Å². The maximum Gasteiger partial charge on any atom is 0.231 e. The highest BCUT2D eigenvalue weighted by molar-refractivity contribution is 6.13. The van der Waals surface area contributed by atoms with Gasteiger partial charge in [0, 0.05) is 29.5 Å². The fourth-order valence-corrected chi connectivity index (χ4v) is 2.49. The summed E-state index contributed by atoms with van der Waals surface area (Å²) in [5.41, 5.74) is 8.09. The molecule has 0 aromatic heterocycles. The molecule has 0 fully saturated rings. The number of nitrogens with zero attached hydrogens (tertiary/aromatic N) is 1. The Hall–Kier alpha value is -2.69. The molecule has 3 rings (SSSR count). The number of nitrogens with two attached hydrogens (primary N) is 1. The number of rotatable bonds is 2. The predicted octanol–water partition coefficient (Wildman–Crippen LogP) is 2.16. The van der Waals surface area contributed by atoms with Crippen LogP contribution in [0.3, 0.4) is 0 Å². The lowest BCUT2D eigenvalue weighted by molar-refractivity contribution is -0.117. The first-order valence-corrected chi connectivity index (χ1v) is 6.46. The van der Waals surface area contributed by atoms with Gasteiger partial charge in [0.1, 0.15) is 5.82 Å². The van der Waals surface area contributed by atoms with Crippen molar-refractivity contribution in [2.75, 3.05) is 17.7 Å². The molecule has 0 spiro atoms. The van der Waals surface area contributed by atoms with Crippen molar-refractivity contribution >= 4 is 23.1 Å². The van der Waals surface area contributed by atoms with Gasteiger partial charge in [-0.25, -0.2) is 4.39 Å². The Morgan fingerprint density at radius 2 is 2.00 bits per heavy atom. The Morgan fingerprint density at radius 3 is 2.76 bits per heavy atom. The minimum atomic E-state index is -0.511. The van der Waals surface area contributed by atoms with Crippen LogP contribution in [-0.2, 0) is 11.2 Å². The van der Waals surface area contributed by atoms with Gasteiger partial charge >= 0.3 is 0 Å². The number of anilines is 2. The first kappa shape index (κ1) is 13.3. The number of hydrogen-bond acceptors (Lipinski definition) is 3. The van der Waals surface area contributed by atoms with E-state index in [2.05, 4.69) is 0 Å². The summed E-state index contributed by atoms with van der Waals surface area (Å²) in [6, 6.07) is 8.73. The average molecular weight is 284 g/mol. The number of carbonyl (C=O) groups is 2. The zero-order chi connectivity index (χ0) is 15.1. The molecular formula is C16H13FN2O2. The summed E-state index contributed by atoms with van der Waals surface area (Å²) >= 11 is 0. The normalized spacial score (nSPS) is 13.4. The largest absolute Gasteiger partial charge is 0.398 e. The van der Waals surface area contributed by atoms with E-state index < -0.39 is 5.82 Å². The third kappa shape index (κ3) is 2.16. The van der Waals surface area contributed by atoms with E-state index in [1.807, 2.05) is 0 Å². The van der Waals surface area contributed by atoms with E-state index in [9.17, 15) is 14.0 Å². The summed E-state index contributed by atoms with van der Waals surface area (Å²) in [5.74, 6) is -0.875. The van der Waals surface area contributed by atoms with Crippen molar-refractivity contribution < 1.29 is 14.0 Å². The molecule has 0 radical (unpaired) electrons. The van der Waals surface area contributed by atoms with Gasteiger partial charge in [-0.3, -0.25) is 9.59 Å². The number of fused-ring (bicyclic) bond motifs is 1. The highest BCUT2D eigenvalue weighted by Gasteiger charge is 2.25. The zero-order valence-corrected chi connectivity index (χ0v) is 11.4. The Labute approximate surface area is 121 Å². The number of ketones is 1. The number of likely N-dealkylation sites (N-methyl/N-ethyl adjacent to an activating group) is 1. The van der Waals surface area contributed by atoms with Crippen LogP contribution in [0, 0.1) is 5.82 Å². The molecule has 2 aromatic carbocycles. The number of hydrogen-bond donors (Lipinski definition) is 1. The van der Waals surface area contributed by atoms with Gasteiger partial charge in [-0.2, -0.15) is 0 Å². The number of amides is 1. The van der Waals surface area contributed by atoms with E-state index >= 15 is 0 Å². The highest BCUT2D eigenvalue weighted by atomic mass is 19.1. The van der Waals surface area contributed by atoms with E-state index in [1.165, 1.54) is 12.1 Å². The molecule has 2 aromatic rings. The topological polar surface area (TPSA) is 63.4 Å². The summed E-state index contributed by atoms with van der Waals surface area (Å²) in [6.45, 7) is 0. The zero-order valence-electron chi connectivity index (χ0n) is 11.4. The van der Waals surface area contributed by atoms with Gasteiger partial charge in [0.15, 0.2) is 5.78 Å². The van der Waals surface area contributed by atoms with E-state index in [4.69, 9.17) is 5.73 Å². The number of nitrogen functional groups attached to an aromatic ring is 1. The third-order valence-electron chi connectivity index (χ3n) is 3.68. The van der Waals surface area contributed by atoms with Crippen molar-refractivity contribution in [1.82, 2.24) is 0 Å². The Bertz CT molecular complexity index is 771. The van der Waals surface area contributed by atoms with Crippen LogP contribution in [0.1, 0.15) is 21.5 Å². The molecule has 106 valence electrons.